The maximum atomic E-state index is 11.6. The summed E-state index contributed by atoms with van der Waals surface area (Å²) in [7, 11) is 1.37. The number of nitrogens with two attached hydrogens (primary N) is 1. The molecule has 1 unspecified atom stereocenters. The van der Waals surface area contributed by atoms with Gasteiger partial charge in [0.25, 0.3) is 0 Å². The minimum absolute atomic E-state index is 0.104. The summed E-state index contributed by atoms with van der Waals surface area (Å²) in [5.41, 5.74) is 7.16. The zero-order valence-electron chi connectivity index (χ0n) is 12.2. The lowest BCUT2D eigenvalue weighted by Crippen LogP contribution is -2.31. The van der Waals surface area contributed by atoms with Crippen LogP contribution in [0.3, 0.4) is 0 Å². The maximum absolute atomic E-state index is 11.6. The van der Waals surface area contributed by atoms with Crippen molar-refractivity contribution in [3.05, 3.63) is 35.4 Å². The lowest BCUT2D eigenvalue weighted by atomic mass is 10.0. The Morgan fingerprint density at radius 2 is 1.90 bits per heavy atom. The first-order chi connectivity index (χ1) is 10.1. The van der Waals surface area contributed by atoms with E-state index in [9.17, 15) is 9.59 Å². The van der Waals surface area contributed by atoms with Gasteiger partial charge in [-0.1, -0.05) is 25.0 Å². The first-order valence-corrected chi connectivity index (χ1v) is 8.25. The zero-order chi connectivity index (χ0) is 15.2. The summed E-state index contributed by atoms with van der Waals surface area (Å²) >= 11 is 1.61. The summed E-state index contributed by atoms with van der Waals surface area (Å²) in [6, 6.07) is 7.28. The van der Waals surface area contributed by atoms with Crippen LogP contribution >= 0.6 is 11.8 Å². The normalized spacial score (nSPS) is 16.6. The van der Waals surface area contributed by atoms with Gasteiger partial charge in [0.15, 0.2) is 0 Å². The van der Waals surface area contributed by atoms with Crippen molar-refractivity contribution >= 4 is 23.6 Å². The molecule has 114 valence electrons. The molecule has 1 aromatic rings. The molecule has 1 amide bonds. The van der Waals surface area contributed by atoms with Crippen molar-refractivity contribution in [2.75, 3.05) is 7.11 Å². The number of thioether (sulfide) groups is 1. The van der Waals surface area contributed by atoms with Crippen LogP contribution in [-0.4, -0.2) is 24.2 Å². The highest BCUT2D eigenvalue weighted by atomic mass is 32.2. The number of hydrogen-bond donors (Lipinski definition) is 1. The van der Waals surface area contributed by atoms with Crippen molar-refractivity contribution < 1.29 is 14.3 Å². The molecule has 1 atom stereocenters. The lowest BCUT2D eigenvalue weighted by molar-refractivity contribution is -0.118. The summed E-state index contributed by atoms with van der Waals surface area (Å²) in [6.45, 7) is 0. The van der Waals surface area contributed by atoms with Gasteiger partial charge in [0.1, 0.15) is 0 Å². The highest BCUT2D eigenvalue weighted by Crippen LogP contribution is 2.35. The van der Waals surface area contributed by atoms with E-state index in [-0.39, 0.29) is 17.1 Å². The smallest absolute Gasteiger partial charge is 0.337 e. The molecule has 0 bridgehead atoms. The SMILES string of the molecule is COC(=O)c1ccc(CSC(C(N)=O)C2CCCC2)cc1. The van der Waals surface area contributed by atoms with Gasteiger partial charge in [0, 0.05) is 5.75 Å². The van der Waals surface area contributed by atoms with Crippen LogP contribution in [0.25, 0.3) is 0 Å². The Hall–Kier alpha value is -1.49. The topological polar surface area (TPSA) is 69.4 Å². The van der Waals surface area contributed by atoms with Gasteiger partial charge in [-0.25, -0.2) is 4.79 Å². The monoisotopic (exact) mass is 307 g/mol. The molecule has 0 saturated heterocycles. The minimum Gasteiger partial charge on any atom is -0.465 e. The standard InChI is InChI=1S/C16H21NO3S/c1-20-16(19)13-8-6-11(7-9-13)10-21-14(15(17)18)12-4-2-3-5-12/h6-9,12,14H,2-5,10H2,1H3,(H2,17,18). The second-order valence-electron chi connectivity index (χ2n) is 5.37. The van der Waals surface area contributed by atoms with Gasteiger partial charge in [-0.3, -0.25) is 4.79 Å². The summed E-state index contributed by atoms with van der Waals surface area (Å²) in [6.07, 6.45) is 4.59. The molecule has 1 aliphatic rings. The van der Waals surface area contributed by atoms with Gasteiger partial charge >= 0.3 is 5.97 Å². The highest BCUT2D eigenvalue weighted by Gasteiger charge is 2.29. The van der Waals surface area contributed by atoms with Crippen molar-refractivity contribution in [3.63, 3.8) is 0 Å². The van der Waals surface area contributed by atoms with E-state index in [1.807, 2.05) is 12.1 Å². The van der Waals surface area contributed by atoms with Crippen molar-refractivity contribution in [2.24, 2.45) is 11.7 Å². The second kappa shape index (κ2) is 7.50. The largest absolute Gasteiger partial charge is 0.465 e. The average Bonchev–Trinajstić information content (AvgIpc) is 3.01. The van der Waals surface area contributed by atoms with Crippen LogP contribution < -0.4 is 5.73 Å². The van der Waals surface area contributed by atoms with Gasteiger partial charge in [0.05, 0.1) is 17.9 Å². The number of carbonyl (C=O) groups is 2. The summed E-state index contributed by atoms with van der Waals surface area (Å²) in [4.78, 5) is 23.0. The molecule has 1 saturated carbocycles. The summed E-state index contributed by atoms with van der Waals surface area (Å²) in [5, 5.41) is -0.104. The Bertz CT molecular complexity index is 495. The molecule has 4 nitrogen and oxygen atoms in total. The van der Waals surface area contributed by atoms with Crippen LogP contribution in [0.2, 0.25) is 0 Å². The average molecular weight is 307 g/mol. The quantitative estimate of drug-likeness (QED) is 0.820. The van der Waals surface area contributed by atoms with E-state index in [4.69, 9.17) is 5.73 Å². The number of methoxy groups -OCH3 is 1. The third-order valence-corrected chi connectivity index (χ3v) is 5.39. The Balaban J connectivity index is 1.94. The molecule has 0 radical (unpaired) electrons. The van der Waals surface area contributed by atoms with Crippen LogP contribution in [0.4, 0.5) is 0 Å². The van der Waals surface area contributed by atoms with E-state index >= 15 is 0 Å². The van der Waals surface area contributed by atoms with E-state index in [0.717, 1.165) is 24.2 Å². The van der Waals surface area contributed by atoms with E-state index in [1.165, 1.54) is 20.0 Å². The molecular weight excluding hydrogens is 286 g/mol. The molecule has 2 N–H and O–H groups in total. The van der Waals surface area contributed by atoms with Gasteiger partial charge in [-0.05, 0) is 36.5 Å². The van der Waals surface area contributed by atoms with Crippen LogP contribution in [-0.2, 0) is 15.3 Å². The fourth-order valence-corrected chi connectivity index (χ4v) is 4.02. The molecule has 21 heavy (non-hydrogen) atoms. The van der Waals surface area contributed by atoms with Gasteiger partial charge in [-0.15, -0.1) is 11.8 Å². The third-order valence-electron chi connectivity index (χ3n) is 3.91. The first kappa shape index (κ1) is 15.9. The molecule has 0 heterocycles. The van der Waals surface area contributed by atoms with Crippen LogP contribution in [0.5, 0.6) is 0 Å². The molecule has 0 spiro atoms. The fourth-order valence-electron chi connectivity index (χ4n) is 2.75. The number of amides is 1. The Morgan fingerprint density at radius 1 is 1.29 bits per heavy atom. The molecule has 1 aromatic carbocycles. The molecule has 1 fully saturated rings. The number of hydrogen-bond acceptors (Lipinski definition) is 4. The van der Waals surface area contributed by atoms with Gasteiger partial charge in [0.2, 0.25) is 5.91 Å². The molecule has 5 heteroatoms. The molecular formula is C16H21NO3S. The number of esters is 1. The highest BCUT2D eigenvalue weighted by molar-refractivity contribution is 7.99. The van der Waals surface area contributed by atoms with E-state index in [2.05, 4.69) is 4.74 Å². The Kier molecular flexibility index (Phi) is 5.67. The van der Waals surface area contributed by atoms with Crippen molar-refractivity contribution in [1.82, 2.24) is 0 Å². The Labute approximate surface area is 129 Å². The number of benzene rings is 1. The van der Waals surface area contributed by atoms with E-state index in [1.54, 1.807) is 23.9 Å². The maximum Gasteiger partial charge on any atom is 0.337 e. The predicted octanol–water partition coefficient (Wildman–Crippen LogP) is 2.75. The molecule has 1 aliphatic carbocycles. The van der Waals surface area contributed by atoms with Crippen molar-refractivity contribution in [2.45, 2.75) is 36.7 Å². The zero-order valence-corrected chi connectivity index (χ0v) is 13.0. The number of ether oxygens (including phenoxy) is 1. The van der Waals surface area contributed by atoms with Crippen LogP contribution in [0, 0.1) is 5.92 Å². The molecule has 0 aliphatic heterocycles. The first-order valence-electron chi connectivity index (χ1n) is 7.20. The van der Waals surface area contributed by atoms with Crippen LogP contribution in [0.15, 0.2) is 24.3 Å². The summed E-state index contributed by atoms with van der Waals surface area (Å²) in [5.74, 6) is 0.598. The number of rotatable bonds is 6. The van der Waals surface area contributed by atoms with Crippen molar-refractivity contribution in [1.29, 1.82) is 0 Å². The molecule has 2 rings (SSSR count). The van der Waals surface area contributed by atoms with Crippen molar-refractivity contribution in [3.8, 4) is 0 Å². The minimum atomic E-state index is -0.338. The van der Waals surface area contributed by atoms with E-state index < -0.39 is 0 Å². The van der Waals surface area contributed by atoms with Crippen LogP contribution in [0.1, 0.15) is 41.6 Å². The van der Waals surface area contributed by atoms with Gasteiger partial charge < -0.3 is 10.5 Å². The number of primary amides is 1. The summed E-state index contributed by atoms with van der Waals surface area (Å²) < 4.78 is 4.67. The predicted molar refractivity (Wildman–Crippen MR) is 84.0 cm³/mol. The van der Waals surface area contributed by atoms with E-state index in [0.29, 0.717) is 11.5 Å². The van der Waals surface area contributed by atoms with Gasteiger partial charge in [-0.2, -0.15) is 0 Å². The number of carbonyl (C=O) groups excluding carboxylic acids is 2. The Morgan fingerprint density at radius 3 is 2.43 bits per heavy atom. The molecule has 0 aromatic heterocycles. The second-order valence-corrected chi connectivity index (χ2v) is 6.50. The fraction of sp³-hybridized carbons (Fsp3) is 0.500. The third kappa shape index (κ3) is 4.24. The lowest BCUT2D eigenvalue weighted by Gasteiger charge is -2.19.